The lowest BCUT2D eigenvalue weighted by molar-refractivity contribution is 1.10. The summed E-state index contributed by atoms with van der Waals surface area (Å²) in [7, 11) is 0. The van der Waals surface area contributed by atoms with Crippen molar-refractivity contribution in [1.82, 2.24) is 14.1 Å². The standard InChI is InChI=1S/C92H63N5/c1-58-89(59(2)93-60(3)90(58)72-54-79(96-85-34-18-16-32-83(85)84-33-17-19-35-86(84)96)57-80(55-72)97-87-46-40-65-24-12-14-30-81(65)91(87)92-82-31-15-13-25-66(82)41-47-88(92)97)71-52-77(94(73-42-36-61-20-4-8-26-67(61)48-73)74-43-37-62-21-5-9-27-68(62)49-74)56-78(53-71)95(75-44-38-63-22-6-10-28-69(63)50-75)76-45-39-64-23-7-11-29-70(64)51-76/h4-57H,1-3H3. The summed E-state index contributed by atoms with van der Waals surface area (Å²) in [5, 5.41) is 19.2. The molecule has 0 aliphatic carbocycles. The maximum atomic E-state index is 5.72. The van der Waals surface area contributed by atoms with E-state index in [4.69, 9.17) is 4.98 Å². The van der Waals surface area contributed by atoms with E-state index in [0.717, 1.165) is 107 Å². The SMILES string of the molecule is Cc1nc(C)c(-c2cc(-n3c4ccccc4c4ccccc43)cc(-n3c4ccc5ccccc5c4c4c5ccccc5ccc43)c2)c(C)c1-c1cc(N(c2ccc3ccccc3c2)c2ccc3ccccc3c2)cc(N(c2ccc3ccccc3c2)c2ccc3ccccc3c2)c1. The number of aromatic nitrogens is 3. The molecule has 0 saturated heterocycles. The fourth-order valence-electron chi connectivity index (χ4n) is 16.1. The number of pyridine rings is 1. The second-order valence-electron chi connectivity index (χ2n) is 26.0. The Morgan fingerprint density at radius 2 is 0.546 bits per heavy atom. The fourth-order valence-corrected chi connectivity index (χ4v) is 16.1. The first kappa shape index (κ1) is 56.0. The minimum atomic E-state index is 0.952. The quantitative estimate of drug-likeness (QED) is 0.137. The van der Waals surface area contributed by atoms with Crippen LogP contribution < -0.4 is 9.80 Å². The van der Waals surface area contributed by atoms with Crippen LogP contribution in [-0.2, 0) is 0 Å². The highest BCUT2D eigenvalue weighted by Gasteiger charge is 2.26. The Morgan fingerprint density at radius 3 is 0.938 bits per heavy atom. The van der Waals surface area contributed by atoms with E-state index in [1.54, 1.807) is 0 Å². The zero-order chi connectivity index (χ0) is 64.4. The molecule has 0 bridgehead atoms. The van der Waals surface area contributed by atoms with E-state index in [1.807, 2.05) is 0 Å². The molecule has 5 heteroatoms. The molecule has 456 valence electrons. The average Bonchev–Trinajstić information content (AvgIpc) is 1.59. The summed E-state index contributed by atoms with van der Waals surface area (Å²) >= 11 is 0. The van der Waals surface area contributed by atoms with Crippen LogP contribution in [0.1, 0.15) is 17.0 Å². The predicted molar refractivity (Wildman–Crippen MR) is 412 cm³/mol. The van der Waals surface area contributed by atoms with Crippen molar-refractivity contribution < 1.29 is 0 Å². The molecule has 0 aliphatic heterocycles. The Labute approximate surface area is 561 Å². The van der Waals surface area contributed by atoms with Gasteiger partial charge < -0.3 is 18.9 Å². The van der Waals surface area contributed by atoms with Crippen LogP contribution in [0.15, 0.2) is 328 Å². The van der Waals surface area contributed by atoms with Gasteiger partial charge in [0.25, 0.3) is 0 Å². The lowest BCUT2D eigenvalue weighted by Gasteiger charge is -2.31. The zero-order valence-electron chi connectivity index (χ0n) is 53.9. The number of para-hydroxylation sites is 2. The molecule has 16 aromatic carbocycles. The van der Waals surface area contributed by atoms with Crippen LogP contribution in [0.5, 0.6) is 0 Å². The van der Waals surface area contributed by atoms with E-state index < -0.39 is 0 Å². The number of fused-ring (bicyclic) bond motifs is 14. The van der Waals surface area contributed by atoms with Gasteiger partial charge in [-0.15, -0.1) is 0 Å². The first-order valence-corrected chi connectivity index (χ1v) is 33.5. The van der Waals surface area contributed by atoms with Crippen LogP contribution in [0.4, 0.5) is 34.1 Å². The topological polar surface area (TPSA) is 29.2 Å². The van der Waals surface area contributed by atoms with Crippen molar-refractivity contribution in [2.75, 3.05) is 9.80 Å². The van der Waals surface area contributed by atoms with E-state index in [1.165, 1.54) is 86.2 Å². The number of aryl methyl sites for hydroxylation is 2. The third kappa shape index (κ3) is 9.18. The van der Waals surface area contributed by atoms with E-state index in [2.05, 4.69) is 367 Å². The Morgan fingerprint density at radius 1 is 0.237 bits per heavy atom. The first-order valence-electron chi connectivity index (χ1n) is 33.5. The average molecular weight is 1240 g/mol. The Balaban J connectivity index is 0.904. The number of rotatable bonds is 10. The van der Waals surface area contributed by atoms with Crippen molar-refractivity contribution in [3.05, 3.63) is 345 Å². The molecule has 3 heterocycles. The molecule has 0 fully saturated rings. The second-order valence-corrected chi connectivity index (χ2v) is 26.0. The molecule has 0 amide bonds. The van der Waals surface area contributed by atoms with Gasteiger partial charge >= 0.3 is 0 Å². The van der Waals surface area contributed by atoms with Crippen LogP contribution in [-0.4, -0.2) is 14.1 Å². The molecular weight excluding hydrogens is 1180 g/mol. The van der Waals surface area contributed by atoms with Crippen molar-refractivity contribution in [2.24, 2.45) is 0 Å². The van der Waals surface area contributed by atoms with Gasteiger partial charge in [-0.25, -0.2) is 0 Å². The summed E-state index contributed by atoms with van der Waals surface area (Å²) in [6.07, 6.45) is 0. The zero-order valence-corrected chi connectivity index (χ0v) is 53.9. The van der Waals surface area contributed by atoms with Gasteiger partial charge in [-0.3, -0.25) is 4.98 Å². The Kier molecular flexibility index (Phi) is 12.9. The van der Waals surface area contributed by atoms with Gasteiger partial charge in [0.1, 0.15) is 0 Å². The number of nitrogens with zero attached hydrogens (tertiary/aromatic N) is 5. The van der Waals surface area contributed by atoms with Gasteiger partial charge in [-0.05, 0) is 211 Å². The van der Waals surface area contributed by atoms with Gasteiger partial charge in [-0.1, -0.05) is 218 Å². The maximum Gasteiger partial charge on any atom is 0.0547 e. The molecule has 19 rings (SSSR count). The number of hydrogen-bond donors (Lipinski definition) is 0. The van der Waals surface area contributed by atoms with Crippen molar-refractivity contribution >= 4 is 142 Å². The van der Waals surface area contributed by atoms with Crippen molar-refractivity contribution in [3.8, 4) is 33.6 Å². The summed E-state index contributed by atoms with van der Waals surface area (Å²) in [4.78, 5) is 10.6. The van der Waals surface area contributed by atoms with Crippen LogP contribution >= 0.6 is 0 Å². The van der Waals surface area contributed by atoms with Crippen LogP contribution in [0.25, 0.3) is 142 Å². The fraction of sp³-hybridized carbons (Fsp3) is 0.0326. The third-order valence-electron chi connectivity index (χ3n) is 20.3. The van der Waals surface area contributed by atoms with Gasteiger partial charge in [0.05, 0.1) is 22.1 Å². The largest absolute Gasteiger partial charge is 0.310 e. The molecule has 0 radical (unpaired) electrons. The highest BCUT2D eigenvalue weighted by molar-refractivity contribution is 6.28. The molecule has 0 saturated carbocycles. The molecule has 0 spiro atoms. The third-order valence-corrected chi connectivity index (χ3v) is 20.3. The normalized spacial score (nSPS) is 11.9. The number of hydrogen-bond acceptors (Lipinski definition) is 3. The van der Waals surface area contributed by atoms with Crippen molar-refractivity contribution in [2.45, 2.75) is 20.8 Å². The molecule has 0 unspecified atom stereocenters. The maximum absolute atomic E-state index is 5.72. The molecule has 19 aromatic rings. The van der Waals surface area contributed by atoms with E-state index in [9.17, 15) is 0 Å². The molecular formula is C92H63N5. The molecule has 5 nitrogen and oxygen atoms in total. The predicted octanol–water partition coefficient (Wildman–Crippen LogP) is 25.4. The monoisotopic (exact) mass is 1240 g/mol. The molecule has 97 heavy (non-hydrogen) atoms. The van der Waals surface area contributed by atoms with Crippen molar-refractivity contribution in [1.29, 1.82) is 0 Å². The molecule has 0 aliphatic rings. The van der Waals surface area contributed by atoms with Crippen LogP contribution in [0.3, 0.4) is 0 Å². The first-order chi connectivity index (χ1) is 47.8. The van der Waals surface area contributed by atoms with Gasteiger partial charge in [0.15, 0.2) is 0 Å². The summed E-state index contributed by atoms with van der Waals surface area (Å²) in [6, 6.07) is 121. The van der Waals surface area contributed by atoms with Crippen LogP contribution in [0.2, 0.25) is 0 Å². The van der Waals surface area contributed by atoms with Gasteiger partial charge in [0, 0.05) is 89.6 Å². The van der Waals surface area contributed by atoms with E-state index in [0.29, 0.717) is 0 Å². The van der Waals surface area contributed by atoms with Crippen molar-refractivity contribution in [3.63, 3.8) is 0 Å². The molecule has 0 N–H and O–H groups in total. The van der Waals surface area contributed by atoms with Crippen LogP contribution in [0, 0.1) is 20.8 Å². The number of benzene rings is 16. The summed E-state index contributed by atoms with van der Waals surface area (Å²) in [5.74, 6) is 0. The van der Waals surface area contributed by atoms with E-state index >= 15 is 0 Å². The Hall–Kier alpha value is -12.6. The summed E-state index contributed by atoms with van der Waals surface area (Å²) < 4.78 is 5.00. The highest BCUT2D eigenvalue weighted by Crippen LogP contribution is 2.49. The lowest BCUT2D eigenvalue weighted by atomic mass is 9.89. The summed E-state index contributed by atoms with van der Waals surface area (Å²) in [6.45, 7) is 6.74. The summed E-state index contributed by atoms with van der Waals surface area (Å²) in [5.41, 5.74) is 20.3. The number of anilines is 6. The second kappa shape index (κ2) is 22.3. The van der Waals surface area contributed by atoms with E-state index in [-0.39, 0.29) is 0 Å². The lowest BCUT2D eigenvalue weighted by Crippen LogP contribution is -2.14. The molecule has 3 aromatic heterocycles. The van der Waals surface area contributed by atoms with Gasteiger partial charge in [0.2, 0.25) is 0 Å². The van der Waals surface area contributed by atoms with Gasteiger partial charge in [-0.2, -0.15) is 0 Å². The highest BCUT2D eigenvalue weighted by atomic mass is 15.2. The minimum Gasteiger partial charge on any atom is -0.310 e. The minimum absolute atomic E-state index is 0.952. The molecule has 0 atom stereocenters. The Bertz CT molecular complexity index is 5980. The smallest absolute Gasteiger partial charge is 0.0547 e.